The minimum absolute atomic E-state index is 0.182. The number of carbonyl (C=O) groups excluding carboxylic acids is 1. The van der Waals surface area contributed by atoms with Gasteiger partial charge in [0.25, 0.3) is 5.91 Å². The van der Waals surface area contributed by atoms with Crippen molar-refractivity contribution in [3.8, 4) is 0 Å². The molecule has 0 bridgehead atoms. The van der Waals surface area contributed by atoms with Crippen molar-refractivity contribution in [2.24, 2.45) is 5.73 Å². The van der Waals surface area contributed by atoms with E-state index in [0.29, 0.717) is 18.2 Å². The molecule has 3 aromatic rings. The Hall–Kier alpha value is -2.66. The van der Waals surface area contributed by atoms with Crippen molar-refractivity contribution in [2.75, 3.05) is 6.54 Å². The summed E-state index contributed by atoms with van der Waals surface area (Å²) in [5.74, 6) is 0.308. The molecule has 0 fully saturated rings. The van der Waals surface area contributed by atoms with Gasteiger partial charge in [-0.2, -0.15) is 5.10 Å². The van der Waals surface area contributed by atoms with Gasteiger partial charge in [-0.1, -0.05) is 44.2 Å². The quantitative estimate of drug-likeness (QED) is 0.758. The zero-order valence-corrected chi connectivity index (χ0v) is 13.9. The van der Waals surface area contributed by atoms with Crippen molar-refractivity contribution in [1.82, 2.24) is 14.9 Å². The highest BCUT2D eigenvalue weighted by Crippen LogP contribution is 2.17. The zero-order valence-electron chi connectivity index (χ0n) is 13.9. The first-order valence-corrected chi connectivity index (χ1v) is 8.12. The summed E-state index contributed by atoms with van der Waals surface area (Å²) in [5, 5.41) is 7.07. The van der Waals surface area contributed by atoms with Gasteiger partial charge in [0, 0.05) is 12.6 Å². The summed E-state index contributed by atoms with van der Waals surface area (Å²) in [5.41, 5.74) is 9.88. The van der Waals surface area contributed by atoms with E-state index in [9.17, 15) is 4.79 Å². The number of hydrogen-bond donors (Lipinski definition) is 2. The average Bonchev–Trinajstić information content (AvgIpc) is 3.08. The summed E-state index contributed by atoms with van der Waals surface area (Å²) in [6.45, 7) is 4.69. The Labute approximate surface area is 141 Å². The van der Waals surface area contributed by atoms with E-state index in [1.807, 2.05) is 30.3 Å². The SMILES string of the molecule is CC(C)c1ccc(C(N)CNC(=O)c2cccc3ccnn23)cc1. The van der Waals surface area contributed by atoms with E-state index in [1.54, 1.807) is 16.8 Å². The van der Waals surface area contributed by atoms with Crippen LogP contribution < -0.4 is 11.1 Å². The van der Waals surface area contributed by atoms with Crippen molar-refractivity contribution in [2.45, 2.75) is 25.8 Å². The van der Waals surface area contributed by atoms with Crippen LogP contribution in [0.25, 0.3) is 5.52 Å². The Morgan fingerprint density at radius 2 is 1.83 bits per heavy atom. The molecule has 1 atom stereocenters. The molecule has 0 aliphatic carbocycles. The van der Waals surface area contributed by atoms with Crippen LogP contribution in [0.4, 0.5) is 0 Å². The number of benzene rings is 1. The van der Waals surface area contributed by atoms with E-state index >= 15 is 0 Å². The molecule has 124 valence electrons. The van der Waals surface area contributed by atoms with Gasteiger partial charge in [-0.3, -0.25) is 4.79 Å². The van der Waals surface area contributed by atoms with Crippen LogP contribution in [0.2, 0.25) is 0 Å². The van der Waals surface area contributed by atoms with Gasteiger partial charge < -0.3 is 11.1 Å². The first kappa shape index (κ1) is 16.2. The molecule has 0 radical (unpaired) electrons. The third-order valence-electron chi connectivity index (χ3n) is 4.17. The van der Waals surface area contributed by atoms with Crippen LogP contribution in [0.1, 0.15) is 47.4 Å². The molecule has 0 aliphatic rings. The maximum Gasteiger partial charge on any atom is 0.270 e. The number of aromatic nitrogens is 2. The van der Waals surface area contributed by atoms with E-state index < -0.39 is 0 Å². The largest absolute Gasteiger partial charge is 0.349 e. The Kier molecular flexibility index (Phi) is 4.62. The van der Waals surface area contributed by atoms with Gasteiger partial charge in [-0.05, 0) is 35.2 Å². The number of fused-ring (bicyclic) bond motifs is 1. The lowest BCUT2D eigenvalue weighted by Crippen LogP contribution is -2.33. The number of carbonyl (C=O) groups is 1. The van der Waals surface area contributed by atoms with Gasteiger partial charge in [-0.15, -0.1) is 0 Å². The second-order valence-electron chi connectivity index (χ2n) is 6.22. The topological polar surface area (TPSA) is 72.4 Å². The molecule has 3 N–H and O–H groups in total. The van der Waals surface area contributed by atoms with Crippen molar-refractivity contribution in [3.05, 3.63) is 71.5 Å². The van der Waals surface area contributed by atoms with Crippen molar-refractivity contribution < 1.29 is 4.79 Å². The zero-order chi connectivity index (χ0) is 17.1. The average molecular weight is 322 g/mol. The fourth-order valence-corrected chi connectivity index (χ4v) is 2.66. The summed E-state index contributed by atoms with van der Waals surface area (Å²) in [6.07, 6.45) is 1.67. The summed E-state index contributed by atoms with van der Waals surface area (Å²) >= 11 is 0. The Balaban J connectivity index is 1.66. The molecule has 0 saturated carbocycles. The summed E-state index contributed by atoms with van der Waals surface area (Å²) in [4.78, 5) is 12.4. The highest BCUT2D eigenvalue weighted by atomic mass is 16.1. The van der Waals surface area contributed by atoms with Crippen LogP contribution >= 0.6 is 0 Å². The maximum atomic E-state index is 12.4. The third-order valence-corrected chi connectivity index (χ3v) is 4.17. The van der Waals surface area contributed by atoms with Gasteiger partial charge in [-0.25, -0.2) is 4.52 Å². The van der Waals surface area contributed by atoms with Gasteiger partial charge in [0.1, 0.15) is 5.69 Å². The molecule has 24 heavy (non-hydrogen) atoms. The van der Waals surface area contributed by atoms with Gasteiger partial charge in [0.05, 0.1) is 11.7 Å². The number of pyridine rings is 1. The molecular weight excluding hydrogens is 300 g/mol. The highest BCUT2D eigenvalue weighted by Gasteiger charge is 2.13. The second kappa shape index (κ2) is 6.84. The molecule has 5 nitrogen and oxygen atoms in total. The van der Waals surface area contributed by atoms with E-state index in [-0.39, 0.29) is 11.9 Å². The minimum atomic E-state index is -0.244. The Bertz CT molecular complexity index is 836. The van der Waals surface area contributed by atoms with Gasteiger partial charge in [0.15, 0.2) is 0 Å². The molecule has 2 heterocycles. The van der Waals surface area contributed by atoms with Gasteiger partial charge in [0.2, 0.25) is 0 Å². The summed E-state index contributed by atoms with van der Waals surface area (Å²) in [7, 11) is 0. The number of nitrogens with zero attached hydrogens (tertiary/aromatic N) is 2. The maximum absolute atomic E-state index is 12.4. The van der Waals surface area contributed by atoms with E-state index in [1.165, 1.54) is 5.56 Å². The lowest BCUT2D eigenvalue weighted by molar-refractivity contribution is 0.0944. The molecular formula is C19H22N4O. The predicted octanol–water partition coefficient (Wildman–Crippen LogP) is 2.89. The number of amides is 1. The first-order chi connectivity index (χ1) is 11.6. The van der Waals surface area contributed by atoms with E-state index in [4.69, 9.17) is 5.73 Å². The second-order valence-corrected chi connectivity index (χ2v) is 6.22. The van der Waals surface area contributed by atoms with Crippen molar-refractivity contribution in [3.63, 3.8) is 0 Å². The fraction of sp³-hybridized carbons (Fsp3) is 0.263. The van der Waals surface area contributed by atoms with Crippen LogP contribution in [0, 0.1) is 0 Å². The van der Waals surface area contributed by atoms with Crippen LogP contribution in [0.5, 0.6) is 0 Å². The molecule has 1 aromatic carbocycles. The standard InChI is InChI=1S/C19H22N4O/c1-13(2)14-6-8-15(9-7-14)17(20)12-21-19(24)18-5-3-4-16-10-11-22-23(16)18/h3-11,13,17H,12,20H2,1-2H3,(H,21,24). The van der Waals surface area contributed by atoms with E-state index in [2.05, 4.69) is 36.4 Å². The summed E-state index contributed by atoms with van der Waals surface area (Å²) < 4.78 is 1.62. The molecule has 3 rings (SSSR count). The van der Waals surface area contributed by atoms with Crippen molar-refractivity contribution in [1.29, 1.82) is 0 Å². The van der Waals surface area contributed by atoms with Crippen LogP contribution in [-0.2, 0) is 0 Å². The predicted molar refractivity (Wildman–Crippen MR) is 95.0 cm³/mol. The van der Waals surface area contributed by atoms with Crippen LogP contribution in [0.3, 0.4) is 0 Å². The highest BCUT2D eigenvalue weighted by molar-refractivity contribution is 5.93. The molecule has 0 saturated heterocycles. The number of nitrogens with two attached hydrogens (primary N) is 1. The Morgan fingerprint density at radius 1 is 1.12 bits per heavy atom. The Morgan fingerprint density at radius 3 is 2.54 bits per heavy atom. The molecule has 0 aliphatic heterocycles. The van der Waals surface area contributed by atoms with Crippen LogP contribution in [-0.4, -0.2) is 22.1 Å². The lowest BCUT2D eigenvalue weighted by Gasteiger charge is -2.15. The normalized spacial score (nSPS) is 12.5. The van der Waals surface area contributed by atoms with Crippen molar-refractivity contribution >= 4 is 11.4 Å². The van der Waals surface area contributed by atoms with Gasteiger partial charge >= 0.3 is 0 Å². The monoisotopic (exact) mass is 322 g/mol. The lowest BCUT2D eigenvalue weighted by atomic mass is 9.99. The molecule has 5 heteroatoms. The van der Waals surface area contributed by atoms with Crippen LogP contribution in [0.15, 0.2) is 54.7 Å². The number of nitrogens with one attached hydrogen (secondary N) is 1. The molecule has 0 spiro atoms. The molecule has 2 aromatic heterocycles. The smallest absolute Gasteiger partial charge is 0.270 e. The number of rotatable bonds is 5. The summed E-state index contributed by atoms with van der Waals surface area (Å²) in [6, 6.07) is 15.4. The molecule has 1 amide bonds. The number of hydrogen-bond acceptors (Lipinski definition) is 3. The molecule has 1 unspecified atom stereocenters. The van der Waals surface area contributed by atoms with E-state index in [0.717, 1.165) is 11.1 Å². The fourth-order valence-electron chi connectivity index (χ4n) is 2.66. The minimum Gasteiger partial charge on any atom is -0.349 e. The first-order valence-electron chi connectivity index (χ1n) is 8.12. The third kappa shape index (κ3) is 3.31.